The first-order valence-corrected chi connectivity index (χ1v) is 10.5. The van der Waals surface area contributed by atoms with Gasteiger partial charge in [0, 0.05) is 23.6 Å². The number of carbonyl (C=O) groups is 2. The van der Waals surface area contributed by atoms with Crippen LogP contribution in [0, 0.1) is 5.41 Å². The Hall–Kier alpha value is -3.68. The van der Waals surface area contributed by atoms with Gasteiger partial charge in [-0.15, -0.1) is 0 Å². The SMILES string of the molecule is CNC(=O)c1ccc2c(c1)nc(-c1ccc3cn[nH]c3c1)n2[C@@H](CC(=O)OC)C(C)(C)C. The Kier molecular flexibility index (Phi) is 5.46. The molecule has 0 aliphatic heterocycles. The number of ether oxygens (including phenoxy) is 1. The summed E-state index contributed by atoms with van der Waals surface area (Å²) in [4.78, 5) is 29.5. The molecule has 2 aromatic heterocycles. The monoisotopic (exact) mass is 433 g/mol. The van der Waals surface area contributed by atoms with Crippen molar-refractivity contribution in [2.75, 3.05) is 14.2 Å². The predicted molar refractivity (Wildman–Crippen MR) is 123 cm³/mol. The number of hydrogen-bond acceptors (Lipinski definition) is 5. The number of methoxy groups -OCH3 is 1. The number of nitrogens with one attached hydrogen (secondary N) is 2. The molecule has 8 heteroatoms. The van der Waals surface area contributed by atoms with E-state index in [1.807, 2.05) is 24.3 Å². The van der Waals surface area contributed by atoms with Crippen molar-refractivity contribution < 1.29 is 14.3 Å². The molecule has 0 bridgehead atoms. The van der Waals surface area contributed by atoms with Gasteiger partial charge in [-0.1, -0.05) is 32.9 Å². The number of hydrogen-bond donors (Lipinski definition) is 2. The van der Waals surface area contributed by atoms with Crippen molar-refractivity contribution in [3.8, 4) is 11.4 Å². The van der Waals surface area contributed by atoms with Gasteiger partial charge < -0.3 is 14.6 Å². The minimum absolute atomic E-state index is 0.177. The highest BCUT2D eigenvalue weighted by Gasteiger charge is 2.32. The van der Waals surface area contributed by atoms with Crippen LogP contribution in [0.3, 0.4) is 0 Å². The van der Waals surface area contributed by atoms with Crippen molar-refractivity contribution in [1.82, 2.24) is 25.1 Å². The zero-order chi connectivity index (χ0) is 23.0. The number of nitrogens with zero attached hydrogens (tertiary/aromatic N) is 3. The summed E-state index contributed by atoms with van der Waals surface area (Å²) >= 11 is 0. The van der Waals surface area contributed by atoms with E-state index >= 15 is 0 Å². The van der Waals surface area contributed by atoms with Crippen LogP contribution in [0.25, 0.3) is 33.3 Å². The number of H-pyrrole nitrogens is 1. The first kappa shape index (κ1) is 21.5. The molecule has 166 valence electrons. The number of aromatic amines is 1. The van der Waals surface area contributed by atoms with Gasteiger partial charge >= 0.3 is 5.97 Å². The van der Waals surface area contributed by atoms with Crippen molar-refractivity contribution in [2.24, 2.45) is 5.41 Å². The van der Waals surface area contributed by atoms with Crippen LogP contribution >= 0.6 is 0 Å². The predicted octanol–water partition coefficient (Wildman–Crippen LogP) is 4.09. The van der Waals surface area contributed by atoms with Gasteiger partial charge in [0.05, 0.1) is 42.3 Å². The van der Waals surface area contributed by atoms with Gasteiger partial charge in [0.15, 0.2) is 0 Å². The van der Waals surface area contributed by atoms with Gasteiger partial charge in [-0.05, 0) is 29.7 Å². The number of amides is 1. The summed E-state index contributed by atoms with van der Waals surface area (Å²) in [5, 5.41) is 10.8. The lowest BCUT2D eigenvalue weighted by atomic mass is 9.84. The molecule has 0 saturated heterocycles. The maximum Gasteiger partial charge on any atom is 0.307 e. The summed E-state index contributed by atoms with van der Waals surface area (Å²) in [6.07, 6.45) is 1.97. The zero-order valence-electron chi connectivity index (χ0n) is 18.9. The van der Waals surface area contributed by atoms with E-state index in [4.69, 9.17) is 9.72 Å². The number of carbonyl (C=O) groups excluding carboxylic acids is 2. The molecular weight excluding hydrogens is 406 g/mol. The number of aromatic nitrogens is 4. The molecule has 4 aromatic rings. The van der Waals surface area contributed by atoms with E-state index in [9.17, 15) is 9.59 Å². The fourth-order valence-electron chi connectivity index (χ4n) is 4.01. The highest BCUT2D eigenvalue weighted by molar-refractivity contribution is 5.98. The largest absolute Gasteiger partial charge is 0.469 e. The topological polar surface area (TPSA) is 102 Å². The fourth-order valence-corrected chi connectivity index (χ4v) is 4.01. The van der Waals surface area contributed by atoms with Crippen LogP contribution in [-0.2, 0) is 9.53 Å². The molecule has 1 atom stereocenters. The van der Waals surface area contributed by atoms with Crippen LogP contribution < -0.4 is 5.32 Å². The van der Waals surface area contributed by atoms with Gasteiger partial charge in [-0.25, -0.2) is 4.98 Å². The summed E-state index contributed by atoms with van der Waals surface area (Å²) < 4.78 is 7.10. The van der Waals surface area contributed by atoms with Crippen molar-refractivity contribution >= 4 is 33.8 Å². The molecule has 1 amide bonds. The lowest BCUT2D eigenvalue weighted by Crippen LogP contribution is -2.28. The summed E-state index contributed by atoms with van der Waals surface area (Å²) in [5.41, 5.74) is 3.58. The second-order valence-electron chi connectivity index (χ2n) is 8.92. The molecule has 0 saturated carbocycles. The van der Waals surface area contributed by atoms with Crippen LogP contribution in [0.2, 0.25) is 0 Å². The number of rotatable bonds is 5. The second-order valence-corrected chi connectivity index (χ2v) is 8.92. The van der Waals surface area contributed by atoms with E-state index in [1.54, 1.807) is 25.4 Å². The summed E-state index contributed by atoms with van der Waals surface area (Å²) in [6.45, 7) is 6.27. The highest BCUT2D eigenvalue weighted by Crippen LogP contribution is 2.40. The van der Waals surface area contributed by atoms with Gasteiger partial charge in [0.2, 0.25) is 0 Å². The quantitative estimate of drug-likeness (QED) is 0.462. The van der Waals surface area contributed by atoms with Crippen LogP contribution in [0.1, 0.15) is 43.6 Å². The van der Waals surface area contributed by atoms with Gasteiger partial charge in [0.1, 0.15) is 5.82 Å². The molecule has 0 fully saturated rings. The van der Waals surface area contributed by atoms with E-state index < -0.39 is 0 Å². The molecule has 2 aromatic carbocycles. The summed E-state index contributed by atoms with van der Waals surface area (Å²) in [6, 6.07) is 11.2. The van der Waals surface area contributed by atoms with E-state index in [2.05, 4.69) is 40.9 Å². The van der Waals surface area contributed by atoms with Crippen molar-refractivity contribution in [3.63, 3.8) is 0 Å². The average molecular weight is 434 g/mol. The van der Waals surface area contributed by atoms with E-state index in [1.165, 1.54) is 7.11 Å². The molecule has 8 nitrogen and oxygen atoms in total. The molecule has 0 radical (unpaired) electrons. The average Bonchev–Trinajstić information content (AvgIpc) is 3.39. The maximum absolute atomic E-state index is 12.3. The van der Waals surface area contributed by atoms with Gasteiger partial charge in [-0.2, -0.15) is 5.10 Å². The first-order valence-electron chi connectivity index (χ1n) is 10.5. The van der Waals surface area contributed by atoms with E-state index in [-0.39, 0.29) is 29.8 Å². The number of esters is 1. The van der Waals surface area contributed by atoms with Crippen molar-refractivity contribution in [1.29, 1.82) is 0 Å². The fraction of sp³-hybridized carbons (Fsp3) is 0.333. The van der Waals surface area contributed by atoms with Crippen LogP contribution in [0.5, 0.6) is 0 Å². The summed E-state index contributed by atoms with van der Waals surface area (Å²) in [5.74, 6) is 0.252. The lowest BCUT2D eigenvalue weighted by Gasteiger charge is -2.33. The minimum Gasteiger partial charge on any atom is -0.469 e. The lowest BCUT2D eigenvalue weighted by molar-refractivity contribution is -0.142. The normalized spacial score (nSPS) is 12.8. The Morgan fingerprint density at radius 3 is 2.66 bits per heavy atom. The molecular formula is C24H27N5O3. The molecule has 32 heavy (non-hydrogen) atoms. The molecule has 0 unspecified atom stereocenters. The minimum atomic E-state index is -0.288. The van der Waals surface area contributed by atoms with Gasteiger partial charge in [0.25, 0.3) is 5.91 Å². The molecule has 2 heterocycles. The highest BCUT2D eigenvalue weighted by atomic mass is 16.5. The Balaban J connectivity index is 1.99. The molecule has 0 aliphatic rings. The first-order chi connectivity index (χ1) is 15.2. The smallest absolute Gasteiger partial charge is 0.307 e. The second kappa shape index (κ2) is 8.11. The third kappa shape index (κ3) is 3.84. The Morgan fingerprint density at radius 2 is 1.97 bits per heavy atom. The van der Waals surface area contributed by atoms with Crippen molar-refractivity contribution in [3.05, 3.63) is 48.2 Å². The summed E-state index contributed by atoms with van der Waals surface area (Å²) in [7, 11) is 3.00. The maximum atomic E-state index is 12.3. The molecule has 0 aliphatic carbocycles. The van der Waals surface area contributed by atoms with Crippen LogP contribution in [-0.4, -0.2) is 45.8 Å². The Labute approximate surface area is 186 Å². The molecule has 0 spiro atoms. The standard InChI is InChI=1S/C24H27N5O3/c1-24(2,3)20(12-21(30)32-5)29-19-9-8-15(23(31)25-4)11-18(19)27-22(29)14-6-7-16-13-26-28-17(16)10-14/h6-11,13,20H,12H2,1-5H3,(H,25,31)(H,26,28)/t20-/m0/s1. The number of imidazole rings is 1. The molecule has 2 N–H and O–H groups in total. The Morgan fingerprint density at radius 1 is 1.19 bits per heavy atom. The Bertz CT molecular complexity index is 1310. The third-order valence-corrected chi connectivity index (χ3v) is 5.78. The van der Waals surface area contributed by atoms with Crippen LogP contribution in [0.4, 0.5) is 0 Å². The van der Waals surface area contributed by atoms with E-state index in [0.29, 0.717) is 11.1 Å². The third-order valence-electron chi connectivity index (χ3n) is 5.78. The molecule has 4 rings (SSSR count). The van der Waals surface area contributed by atoms with Gasteiger partial charge in [-0.3, -0.25) is 14.7 Å². The van der Waals surface area contributed by atoms with Crippen molar-refractivity contribution in [2.45, 2.75) is 33.2 Å². The number of fused-ring (bicyclic) bond motifs is 2. The van der Waals surface area contributed by atoms with E-state index in [0.717, 1.165) is 27.8 Å². The van der Waals surface area contributed by atoms with Crippen LogP contribution in [0.15, 0.2) is 42.6 Å². The number of benzene rings is 2. The zero-order valence-corrected chi connectivity index (χ0v) is 18.9.